The first-order valence-corrected chi connectivity index (χ1v) is 6.86. The zero-order chi connectivity index (χ0) is 14.0. The van der Waals surface area contributed by atoms with E-state index in [1.807, 2.05) is 6.07 Å². The summed E-state index contributed by atoms with van der Waals surface area (Å²) in [4.78, 5) is 11.2. The summed E-state index contributed by atoms with van der Waals surface area (Å²) >= 11 is 6.22. The highest BCUT2D eigenvalue weighted by Crippen LogP contribution is 2.36. The van der Waals surface area contributed by atoms with Crippen molar-refractivity contribution in [1.29, 1.82) is 0 Å². The van der Waals surface area contributed by atoms with Gasteiger partial charge in [-0.25, -0.2) is 0 Å². The fourth-order valence-electron chi connectivity index (χ4n) is 2.24. The molecule has 0 spiro atoms. The van der Waals surface area contributed by atoms with E-state index in [0.29, 0.717) is 28.4 Å². The van der Waals surface area contributed by atoms with Crippen molar-refractivity contribution in [3.8, 4) is 5.75 Å². The molecule has 0 fully saturated rings. The molecule has 2 N–H and O–H groups in total. The number of amides is 1. The van der Waals surface area contributed by atoms with E-state index >= 15 is 0 Å². The molecule has 2 rings (SSSR count). The number of hydrogen-bond donors (Lipinski definition) is 2. The van der Waals surface area contributed by atoms with Gasteiger partial charge in [0.2, 0.25) is 0 Å². The molecule has 104 valence electrons. The van der Waals surface area contributed by atoms with Gasteiger partial charge in [0.15, 0.2) is 6.61 Å². The van der Waals surface area contributed by atoms with Gasteiger partial charge in [0.05, 0.1) is 16.4 Å². The minimum Gasteiger partial charge on any atom is -0.482 e. The maximum Gasteiger partial charge on any atom is 0.262 e. The average molecular weight is 283 g/mol. The molecule has 0 radical (unpaired) electrons. The third-order valence-electron chi connectivity index (χ3n) is 2.93. The van der Waals surface area contributed by atoms with E-state index in [4.69, 9.17) is 16.3 Å². The Balaban J connectivity index is 2.16. The van der Waals surface area contributed by atoms with Gasteiger partial charge in [-0.3, -0.25) is 4.79 Å². The fraction of sp³-hybridized carbons (Fsp3) is 0.500. The third kappa shape index (κ3) is 3.53. The molecule has 1 atom stereocenters. The molecule has 19 heavy (non-hydrogen) atoms. The van der Waals surface area contributed by atoms with Crippen LogP contribution in [0.5, 0.6) is 5.75 Å². The number of hydrogen-bond acceptors (Lipinski definition) is 3. The van der Waals surface area contributed by atoms with Crippen molar-refractivity contribution in [1.82, 2.24) is 0 Å². The van der Waals surface area contributed by atoms with Crippen LogP contribution in [-0.4, -0.2) is 18.6 Å². The van der Waals surface area contributed by atoms with E-state index in [9.17, 15) is 4.79 Å². The summed E-state index contributed by atoms with van der Waals surface area (Å²) in [5, 5.41) is 6.70. The van der Waals surface area contributed by atoms with Crippen molar-refractivity contribution >= 4 is 28.9 Å². The van der Waals surface area contributed by atoms with Gasteiger partial charge in [-0.1, -0.05) is 25.4 Å². The lowest BCUT2D eigenvalue weighted by Crippen LogP contribution is -2.25. The van der Waals surface area contributed by atoms with E-state index < -0.39 is 0 Å². The number of rotatable bonds is 4. The Kier molecular flexibility index (Phi) is 4.20. The van der Waals surface area contributed by atoms with E-state index in [1.54, 1.807) is 6.07 Å². The first-order valence-electron chi connectivity index (χ1n) is 6.48. The number of anilines is 2. The van der Waals surface area contributed by atoms with Gasteiger partial charge < -0.3 is 15.4 Å². The standard InChI is InChI=1S/C14H19ClN2O2/c1-8(2)4-9(3)16-11-6-13-12(5-10(11)15)17-14(18)7-19-13/h5-6,8-9,16H,4,7H2,1-3H3,(H,17,18). The largest absolute Gasteiger partial charge is 0.482 e. The van der Waals surface area contributed by atoms with Gasteiger partial charge in [-0.2, -0.15) is 0 Å². The van der Waals surface area contributed by atoms with E-state index in [0.717, 1.165) is 12.1 Å². The van der Waals surface area contributed by atoms with Gasteiger partial charge in [-0.05, 0) is 25.3 Å². The van der Waals surface area contributed by atoms with Crippen molar-refractivity contribution in [3.63, 3.8) is 0 Å². The molecule has 1 unspecified atom stereocenters. The summed E-state index contributed by atoms with van der Waals surface area (Å²) in [5.41, 5.74) is 1.47. The zero-order valence-electron chi connectivity index (χ0n) is 11.4. The topological polar surface area (TPSA) is 50.4 Å². The lowest BCUT2D eigenvalue weighted by molar-refractivity contribution is -0.118. The molecule has 0 saturated heterocycles. The summed E-state index contributed by atoms with van der Waals surface area (Å²) in [5.74, 6) is 1.12. The van der Waals surface area contributed by atoms with Gasteiger partial charge in [0.1, 0.15) is 5.75 Å². The predicted molar refractivity (Wildman–Crippen MR) is 78.1 cm³/mol. The smallest absolute Gasteiger partial charge is 0.262 e. The van der Waals surface area contributed by atoms with E-state index in [1.165, 1.54) is 0 Å². The van der Waals surface area contributed by atoms with E-state index in [2.05, 4.69) is 31.4 Å². The summed E-state index contributed by atoms with van der Waals surface area (Å²) in [6.07, 6.45) is 1.06. The quantitative estimate of drug-likeness (QED) is 0.888. The third-order valence-corrected chi connectivity index (χ3v) is 3.24. The minimum absolute atomic E-state index is 0.0512. The van der Waals surface area contributed by atoms with Gasteiger partial charge >= 0.3 is 0 Å². The van der Waals surface area contributed by atoms with Crippen LogP contribution in [0.15, 0.2) is 12.1 Å². The maximum atomic E-state index is 11.2. The molecule has 1 aromatic rings. The van der Waals surface area contributed by atoms with Crippen molar-refractivity contribution in [2.75, 3.05) is 17.2 Å². The number of carbonyl (C=O) groups excluding carboxylic acids is 1. The lowest BCUT2D eigenvalue weighted by Gasteiger charge is -2.22. The van der Waals surface area contributed by atoms with Crippen LogP contribution in [0.1, 0.15) is 27.2 Å². The molecule has 1 aliphatic rings. The maximum absolute atomic E-state index is 11.2. The summed E-state index contributed by atoms with van der Waals surface area (Å²) in [6, 6.07) is 3.89. The van der Waals surface area contributed by atoms with Gasteiger partial charge in [0.25, 0.3) is 5.91 Å². The van der Waals surface area contributed by atoms with Crippen molar-refractivity contribution in [2.45, 2.75) is 33.2 Å². The molecule has 5 heteroatoms. The molecular weight excluding hydrogens is 264 g/mol. The van der Waals surface area contributed by atoms with Crippen LogP contribution >= 0.6 is 11.6 Å². The van der Waals surface area contributed by atoms with Crippen LogP contribution in [-0.2, 0) is 4.79 Å². The highest BCUT2D eigenvalue weighted by Gasteiger charge is 2.18. The zero-order valence-corrected chi connectivity index (χ0v) is 12.2. The second-order valence-electron chi connectivity index (χ2n) is 5.34. The van der Waals surface area contributed by atoms with Crippen LogP contribution in [0.4, 0.5) is 11.4 Å². The average Bonchev–Trinajstić information content (AvgIpc) is 2.29. The normalized spacial score (nSPS) is 15.5. The molecule has 1 heterocycles. The second-order valence-corrected chi connectivity index (χ2v) is 5.75. The Morgan fingerprint density at radius 2 is 2.16 bits per heavy atom. The van der Waals surface area contributed by atoms with Crippen LogP contribution < -0.4 is 15.4 Å². The SMILES string of the molecule is CC(C)CC(C)Nc1cc2c(cc1Cl)NC(=O)CO2. The highest BCUT2D eigenvalue weighted by atomic mass is 35.5. The molecule has 0 aliphatic carbocycles. The predicted octanol–water partition coefficient (Wildman–Crippen LogP) is 3.52. The Morgan fingerprint density at radius 3 is 2.84 bits per heavy atom. The minimum atomic E-state index is -0.155. The van der Waals surface area contributed by atoms with Crippen molar-refractivity contribution in [2.24, 2.45) is 5.92 Å². The first kappa shape index (κ1) is 14.0. The van der Waals surface area contributed by atoms with Gasteiger partial charge in [0, 0.05) is 12.1 Å². The van der Waals surface area contributed by atoms with Crippen LogP contribution in [0.2, 0.25) is 5.02 Å². The molecule has 0 bridgehead atoms. The molecular formula is C14H19ClN2O2. The van der Waals surface area contributed by atoms with Crippen LogP contribution in [0.3, 0.4) is 0 Å². The Labute approximate surface area is 118 Å². The Hall–Kier alpha value is -1.42. The molecule has 1 aromatic carbocycles. The van der Waals surface area contributed by atoms with Gasteiger partial charge in [-0.15, -0.1) is 0 Å². The summed E-state index contributed by atoms with van der Waals surface area (Å²) in [6.45, 7) is 6.55. The second kappa shape index (κ2) is 5.70. The number of benzene rings is 1. The van der Waals surface area contributed by atoms with Crippen LogP contribution in [0, 0.1) is 5.92 Å². The lowest BCUT2D eigenvalue weighted by atomic mass is 10.0. The summed E-state index contributed by atoms with van der Waals surface area (Å²) in [7, 11) is 0. The molecule has 0 aromatic heterocycles. The molecule has 0 saturated carbocycles. The van der Waals surface area contributed by atoms with Crippen LogP contribution in [0.25, 0.3) is 0 Å². The molecule has 1 amide bonds. The molecule has 1 aliphatic heterocycles. The number of ether oxygens (including phenoxy) is 1. The number of carbonyl (C=O) groups is 1. The Bertz CT molecular complexity index is 489. The number of nitrogens with one attached hydrogen (secondary N) is 2. The monoisotopic (exact) mass is 282 g/mol. The molecule has 4 nitrogen and oxygen atoms in total. The first-order chi connectivity index (χ1) is 8.95. The number of fused-ring (bicyclic) bond motifs is 1. The summed E-state index contributed by atoms with van der Waals surface area (Å²) < 4.78 is 5.38. The fourth-order valence-corrected chi connectivity index (χ4v) is 2.46. The Morgan fingerprint density at radius 1 is 1.42 bits per heavy atom. The number of halogens is 1. The van der Waals surface area contributed by atoms with Crippen molar-refractivity contribution in [3.05, 3.63) is 17.2 Å². The van der Waals surface area contributed by atoms with Crippen molar-refractivity contribution < 1.29 is 9.53 Å². The highest BCUT2D eigenvalue weighted by molar-refractivity contribution is 6.33. The van der Waals surface area contributed by atoms with E-state index in [-0.39, 0.29) is 12.5 Å².